The monoisotopic (exact) mass is 402 g/mol. The van der Waals surface area contributed by atoms with Crippen LogP contribution in [0.4, 0.5) is 5.69 Å². The fourth-order valence-electron chi connectivity index (χ4n) is 5.48. The standard InChI is InChI=1S/C28H24N3/c1-16(2)13-18-14-19-11-12-30(5)28-24-17(3)9-10-21-20-7-6-8-22(29-4)26(20)31(27(21)24)23(15-18)25(19)28/h6-12,14-16H,13H2,1-3,5H3/q+1. The van der Waals surface area contributed by atoms with E-state index in [0.29, 0.717) is 11.6 Å². The van der Waals surface area contributed by atoms with Gasteiger partial charge in [0.1, 0.15) is 7.05 Å². The number of hydrogen-bond donors (Lipinski definition) is 0. The summed E-state index contributed by atoms with van der Waals surface area (Å²) in [6, 6.07) is 17.5. The van der Waals surface area contributed by atoms with E-state index in [1.54, 1.807) is 0 Å². The number of benzene rings is 3. The molecule has 0 aliphatic rings. The maximum Gasteiger partial charge on any atom is 0.224 e. The summed E-state index contributed by atoms with van der Waals surface area (Å²) in [7, 11) is 2.14. The van der Waals surface area contributed by atoms with Gasteiger partial charge in [0.15, 0.2) is 6.20 Å². The van der Waals surface area contributed by atoms with Crippen molar-refractivity contribution in [3.63, 3.8) is 0 Å². The van der Waals surface area contributed by atoms with E-state index in [4.69, 9.17) is 6.57 Å². The minimum absolute atomic E-state index is 0.585. The third-order valence-electron chi connectivity index (χ3n) is 6.66. The second-order valence-corrected chi connectivity index (χ2v) is 9.23. The molecule has 0 fully saturated rings. The number of rotatable bonds is 2. The zero-order valence-corrected chi connectivity index (χ0v) is 18.3. The molecule has 0 atom stereocenters. The Morgan fingerprint density at radius 1 is 1.00 bits per heavy atom. The van der Waals surface area contributed by atoms with Crippen LogP contribution < -0.4 is 4.57 Å². The van der Waals surface area contributed by atoms with Gasteiger partial charge in [-0.1, -0.05) is 50.2 Å². The fourth-order valence-corrected chi connectivity index (χ4v) is 5.48. The van der Waals surface area contributed by atoms with Gasteiger partial charge in [0, 0.05) is 11.5 Å². The summed E-state index contributed by atoms with van der Waals surface area (Å²) in [6.45, 7) is 14.6. The molecule has 3 heteroatoms. The predicted octanol–water partition coefficient (Wildman–Crippen LogP) is 6.87. The van der Waals surface area contributed by atoms with Gasteiger partial charge in [-0.05, 0) is 47.2 Å². The van der Waals surface area contributed by atoms with Crippen molar-refractivity contribution in [2.75, 3.05) is 0 Å². The molecule has 31 heavy (non-hydrogen) atoms. The van der Waals surface area contributed by atoms with Crippen molar-refractivity contribution in [1.29, 1.82) is 0 Å². The van der Waals surface area contributed by atoms with Crippen molar-refractivity contribution in [2.45, 2.75) is 27.2 Å². The Labute approximate surface area is 181 Å². The molecule has 6 aromatic rings. The molecule has 3 heterocycles. The Kier molecular flexibility index (Phi) is 3.62. The van der Waals surface area contributed by atoms with E-state index in [0.717, 1.165) is 17.3 Å². The quantitative estimate of drug-likeness (QED) is 0.130. The Bertz CT molecular complexity index is 1710. The molecule has 0 N–H and O–H groups in total. The molecule has 0 aliphatic heterocycles. The molecule has 150 valence electrons. The van der Waals surface area contributed by atoms with E-state index in [-0.39, 0.29) is 0 Å². The third-order valence-corrected chi connectivity index (χ3v) is 6.66. The van der Waals surface area contributed by atoms with E-state index in [2.05, 4.69) is 84.2 Å². The lowest BCUT2D eigenvalue weighted by atomic mass is 9.96. The number of fused-ring (bicyclic) bond motifs is 5. The number of aromatic nitrogens is 2. The molecule has 0 unspecified atom stereocenters. The molecular formula is C28H24N3+. The molecule has 0 saturated carbocycles. The summed E-state index contributed by atoms with van der Waals surface area (Å²) in [5.74, 6) is 0.585. The van der Waals surface area contributed by atoms with Gasteiger partial charge < -0.3 is 4.40 Å². The van der Waals surface area contributed by atoms with Crippen molar-refractivity contribution in [2.24, 2.45) is 13.0 Å². The first-order valence-corrected chi connectivity index (χ1v) is 10.9. The lowest BCUT2D eigenvalue weighted by Crippen LogP contribution is -2.29. The first-order valence-electron chi connectivity index (χ1n) is 10.9. The molecular weight excluding hydrogens is 378 g/mol. The summed E-state index contributed by atoms with van der Waals surface area (Å²) < 4.78 is 4.63. The largest absolute Gasteiger partial charge is 0.317 e. The normalized spacial score (nSPS) is 12.3. The van der Waals surface area contributed by atoms with Crippen LogP contribution >= 0.6 is 0 Å². The molecule has 0 radical (unpaired) electrons. The highest BCUT2D eigenvalue weighted by Gasteiger charge is 2.25. The molecule has 3 nitrogen and oxygen atoms in total. The van der Waals surface area contributed by atoms with Gasteiger partial charge in [-0.2, -0.15) is 0 Å². The van der Waals surface area contributed by atoms with Crippen molar-refractivity contribution in [3.05, 3.63) is 77.3 Å². The van der Waals surface area contributed by atoms with Gasteiger partial charge in [0.25, 0.3) is 0 Å². The Hall–Kier alpha value is -3.64. The van der Waals surface area contributed by atoms with E-state index < -0.39 is 0 Å². The fraction of sp³-hybridized carbons (Fsp3) is 0.214. The lowest BCUT2D eigenvalue weighted by Gasteiger charge is -2.15. The maximum absolute atomic E-state index is 7.85. The average Bonchev–Trinajstić information content (AvgIpc) is 3.09. The molecule has 0 bridgehead atoms. The minimum Gasteiger partial charge on any atom is -0.317 e. The molecule has 0 saturated heterocycles. The number of hydrogen-bond acceptors (Lipinski definition) is 0. The van der Waals surface area contributed by atoms with Crippen molar-refractivity contribution < 1.29 is 4.57 Å². The number of nitrogens with zero attached hydrogens (tertiary/aromatic N) is 3. The second kappa shape index (κ2) is 6.18. The van der Waals surface area contributed by atoms with Crippen LogP contribution in [0.15, 0.2) is 54.7 Å². The van der Waals surface area contributed by atoms with Gasteiger partial charge in [0.05, 0.1) is 33.9 Å². The zero-order chi connectivity index (χ0) is 21.4. The zero-order valence-electron chi connectivity index (χ0n) is 18.3. The van der Waals surface area contributed by atoms with Gasteiger partial charge in [-0.3, -0.25) is 0 Å². The predicted molar refractivity (Wildman–Crippen MR) is 129 cm³/mol. The first-order chi connectivity index (χ1) is 15.0. The van der Waals surface area contributed by atoms with E-state index in [1.807, 2.05) is 12.1 Å². The summed E-state index contributed by atoms with van der Waals surface area (Å²) in [5, 5.41) is 6.20. The maximum atomic E-state index is 7.85. The van der Waals surface area contributed by atoms with E-state index >= 15 is 0 Å². The number of pyridine rings is 2. The summed E-state index contributed by atoms with van der Waals surface area (Å²) >= 11 is 0. The van der Waals surface area contributed by atoms with Crippen LogP contribution in [0.1, 0.15) is 25.0 Å². The number of aryl methyl sites for hydroxylation is 2. The first kappa shape index (κ1) is 18.2. The molecule has 6 rings (SSSR count). The minimum atomic E-state index is 0.585. The van der Waals surface area contributed by atoms with Crippen LogP contribution in [0.25, 0.3) is 53.8 Å². The third kappa shape index (κ3) is 2.31. The SMILES string of the molecule is [C-]#[N+]c1cccc2c3ccc(C)c4c3n(c3cc(CC(C)C)cc5cc[n+](C)c4c53)c12. The highest BCUT2D eigenvalue weighted by atomic mass is 15.0. The topological polar surface area (TPSA) is 12.6 Å². The molecule has 3 aromatic heterocycles. The Morgan fingerprint density at radius 3 is 2.58 bits per heavy atom. The van der Waals surface area contributed by atoms with Gasteiger partial charge >= 0.3 is 0 Å². The Balaban J connectivity index is 2.04. The lowest BCUT2D eigenvalue weighted by molar-refractivity contribution is -0.643. The van der Waals surface area contributed by atoms with Crippen molar-refractivity contribution in [1.82, 2.24) is 4.40 Å². The van der Waals surface area contributed by atoms with Crippen molar-refractivity contribution >= 4 is 54.7 Å². The molecule has 0 aliphatic carbocycles. The molecule has 3 aromatic carbocycles. The smallest absolute Gasteiger partial charge is 0.224 e. The van der Waals surface area contributed by atoms with E-state index in [1.165, 1.54) is 49.2 Å². The highest BCUT2D eigenvalue weighted by molar-refractivity contribution is 6.27. The van der Waals surface area contributed by atoms with Crippen LogP contribution in [-0.2, 0) is 13.5 Å². The average molecular weight is 403 g/mol. The van der Waals surface area contributed by atoms with Crippen LogP contribution in [-0.4, -0.2) is 4.40 Å². The Morgan fingerprint density at radius 2 is 1.81 bits per heavy atom. The van der Waals surface area contributed by atoms with Crippen LogP contribution in [0.2, 0.25) is 0 Å². The second-order valence-electron chi connectivity index (χ2n) is 9.23. The highest BCUT2D eigenvalue weighted by Crippen LogP contribution is 2.43. The summed E-state index contributed by atoms with van der Waals surface area (Å²) in [5.41, 5.74) is 8.05. The van der Waals surface area contributed by atoms with Crippen molar-refractivity contribution in [3.8, 4) is 0 Å². The van der Waals surface area contributed by atoms with Crippen LogP contribution in [0, 0.1) is 19.4 Å². The molecule has 0 amide bonds. The van der Waals surface area contributed by atoms with Crippen LogP contribution in [0.3, 0.4) is 0 Å². The van der Waals surface area contributed by atoms with Gasteiger partial charge in [0.2, 0.25) is 11.2 Å². The summed E-state index contributed by atoms with van der Waals surface area (Å²) in [4.78, 5) is 3.91. The van der Waals surface area contributed by atoms with Crippen LogP contribution in [0.5, 0.6) is 0 Å². The summed E-state index contributed by atoms with van der Waals surface area (Å²) in [6.07, 6.45) is 3.22. The van der Waals surface area contributed by atoms with Gasteiger partial charge in [-0.15, -0.1) is 0 Å². The number of para-hydroxylation sites is 1. The van der Waals surface area contributed by atoms with E-state index in [9.17, 15) is 0 Å². The van der Waals surface area contributed by atoms with Gasteiger partial charge in [-0.25, -0.2) is 9.41 Å². The molecule has 0 spiro atoms.